The summed E-state index contributed by atoms with van der Waals surface area (Å²) in [6.45, 7) is -3.21. The van der Waals surface area contributed by atoms with Crippen LogP contribution in [0.3, 0.4) is 0 Å². The van der Waals surface area contributed by atoms with Crippen LogP contribution in [0.2, 0.25) is 5.15 Å². The molecule has 2 N–H and O–H groups in total. The highest BCUT2D eigenvalue weighted by Gasteiger charge is 2.43. The predicted molar refractivity (Wildman–Crippen MR) is 162 cm³/mol. The number of halogens is 1. The molecule has 2 aliphatic rings. The Labute approximate surface area is 267 Å². The molecule has 1 aliphatic heterocycles. The number of H-pyrrole nitrogens is 1. The molecule has 0 bridgehead atoms. The second kappa shape index (κ2) is 14.1. The third-order valence-electron chi connectivity index (χ3n) is 7.48. The summed E-state index contributed by atoms with van der Waals surface area (Å²) in [5.74, 6) is 0.156. The normalized spacial score (nSPS) is 25.2. The van der Waals surface area contributed by atoms with Crippen molar-refractivity contribution in [3.05, 3.63) is 40.8 Å². The molecule has 5 atom stereocenters. The Morgan fingerprint density at radius 1 is 1.16 bits per heavy atom. The maximum atomic E-state index is 12.2. The molecule has 17 nitrogen and oxygen atoms in total. The van der Waals surface area contributed by atoms with E-state index in [0.29, 0.717) is 22.0 Å². The van der Waals surface area contributed by atoms with Gasteiger partial charge in [0.15, 0.2) is 22.0 Å². The van der Waals surface area contributed by atoms with Crippen LogP contribution < -0.4 is 5.56 Å². The molecule has 45 heavy (non-hydrogen) atoms. The molecule has 21 heteroatoms. The summed E-state index contributed by atoms with van der Waals surface area (Å²) < 4.78 is 38.5. The zero-order chi connectivity index (χ0) is 31.6. The quantitative estimate of drug-likeness (QED) is 0.110. The van der Waals surface area contributed by atoms with Gasteiger partial charge in [0.05, 0.1) is 57.4 Å². The van der Waals surface area contributed by atoms with E-state index in [1.54, 1.807) is 10.9 Å². The van der Waals surface area contributed by atoms with Crippen molar-refractivity contribution >= 4 is 61.1 Å². The number of fused-ring (bicyclic) bond motifs is 2. The SMILES string of the molecule is COP(O)OCC1OC(n2cnc3c(=O)[nH]cnc32)C[C@@H]1OP(=S)(OCCC#N)OCC1CC(n2cnc3c(Cl)ncnc32)C1. The predicted octanol–water partition coefficient (Wildman–Crippen LogP) is 3.29. The Balaban J connectivity index is 1.15. The molecule has 5 heterocycles. The minimum atomic E-state index is -3.40. The third-order valence-corrected chi connectivity index (χ3v) is 10.8. The van der Waals surface area contributed by atoms with Crippen LogP contribution >= 0.6 is 26.9 Å². The van der Waals surface area contributed by atoms with E-state index in [1.807, 2.05) is 10.6 Å². The number of nitrogens with one attached hydrogen (secondary N) is 1. The largest absolute Gasteiger partial charge is 0.349 e. The number of nitrogens with zero attached hydrogens (tertiary/aromatic N) is 8. The van der Waals surface area contributed by atoms with Crippen LogP contribution in [0.5, 0.6) is 0 Å². The number of hydrogen-bond donors (Lipinski definition) is 2. The number of aromatic amines is 1. The van der Waals surface area contributed by atoms with E-state index < -0.39 is 33.8 Å². The molecule has 1 saturated carbocycles. The fraction of sp³-hybridized carbons (Fsp3) is 0.542. The third kappa shape index (κ3) is 7.09. The van der Waals surface area contributed by atoms with Crippen molar-refractivity contribution in [2.45, 2.75) is 50.2 Å². The van der Waals surface area contributed by atoms with Crippen LogP contribution in [0.15, 0.2) is 30.1 Å². The summed E-state index contributed by atoms with van der Waals surface area (Å²) in [6.07, 6.45) is 5.65. The molecular weight excluding hydrogens is 672 g/mol. The minimum Gasteiger partial charge on any atom is -0.349 e. The topological polar surface area (TPSA) is 207 Å². The Kier molecular flexibility index (Phi) is 10.1. The fourth-order valence-electron chi connectivity index (χ4n) is 5.21. The highest BCUT2D eigenvalue weighted by Crippen LogP contribution is 2.55. The first kappa shape index (κ1) is 32.4. The lowest BCUT2D eigenvalue weighted by Crippen LogP contribution is -2.31. The lowest BCUT2D eigenvalue weighted by atomic mass is 9.81. The first-order valence-electron chi connectivity index (χ1n) is 13.8. The summed E-state index contributed by atoms with van der Waals surface area (Å²) >= 11 is 12.0. The van der Waals surface area contributed by atoms with Gasteiger partial charge in [0.1, 0.15) is 24.2 Å². The fourth-order valence-corrected chi connectivity index (χ4v) is 7.97. The maximum Gasteiger partial charge on any atom is 0.329 e. The molecule has 0 spiro atoms. The van der Waals surface area contributed by atoms with Crippen molar-refractivity contribution in [1.29, 1.82) is 5.26 Å². The standard InChI is InChI=1S/C24H28ClN9O8P2S/c1-37-43(36)38-9-17-16(7-18(41-17)34-13-32-20-23(34)29-11-30-24(20)35)42-44(45,39-4-2-3-26)40-8-14-5-15(6-14)33-12-31-19-21(25)27-10-28-22(19)33/h10-18,36H,2,4-9H2,1H3,(H,29,30,35)/t14?,15?,16-,17?,18?,43?,44?/m0/s1. The number of aromatic nitrogens is 8. The Morgan fingerprint density at radius 2 is 1.93 bits per heavy atom. The van der Waals surface area contributed by atoms with Gasteiger partial charge < -0.3 is 41.8 Å². The molecule has 0 amide bonds. The van der Waals surface area contributed by atoms with Gasteiger partial charge in [-0.25, -0.2) is 24.9 Å². The minimum absolute atomic E-state index is 0.0190. The van der Waals surface area contributed by atoms with Gasteiger partial charge in [-0.2, -0.15) is 5.26 Å². The van der Waals surface area contributed by atoms with E-state index in [4.69, 9.17) is 56.0 Å². The number of imidazole rings is 2. The highest BCUT2D eigenvalue weighted by atomic mass is 35.5. The van der Waals surface area contributed by atoms with E-state index in [2.05, 4.69) is 29.9 Å². The van der Waals surface area contributed by atoms with Gasteiger partial charge in [-0.15, -0.1) is 0 Å². The molecule has 4 unspecified atom stereocenters. The summed E-state index contributed by atoms with van der Waals surface area (Å²) in [7, 11) is -0.825. The van der Waals surface area contributed by atoms with Gasteiger partial charge in [0.2, 0.25) is 0 Å². The lowest BCUT2D eigenvalue weighted by Gasteiger charge is -2.37. The zero-order valence-electron chi connectivity index (χ0n) is 23.7. The van der Waals surface area contributed by atoms with Gasteiger partial charge in [-0.3, -0.25) is 9.36 Å². The summed E-state index contributed by atoms with van der Waals surface area (Å²) in [5.41, 5.74) is 1.31. The number of ether oxygens (including phenoxy) is 1. The summed E-state index contributed by atoms with van der Waals surface area (Å²) in [5, 5.41) is 9.39. The van der Waals surface area contributed by atoms with Gasteiger partial charge in [0.25, 0.3) is 5.56 Å². The summed E-state index contributed by atoms with van der Waals surface area (Å²) in [6, 6.07) is 2.18. The molecular formula is C24H28ClN9O8P2S. The summed E-state index contributed by atoms with van der Waals surface area (Å²) in [4.78, 5) is 45.6. The first-order chi connectivity index (χ1) is 21.8. The number of hydrogen-bond acceptors (Lipinski definition) is 15. The molecule has 1 saturated heterocycles. The van der Waals surface area contributed by atoms with Crippen molar-refractivity contribution in [1.82, 2.24) is 39.0 Å². The first-order valence-corrected chi connectivity index (χ1v) is 17.8. The number of nitriles is 1. The molecule has 0 radical (unpaired) electrons. The molecule has 240 valence electrons. The molecule has 2 fully saturated rings. The van der Waals surface area contributed by atoms with E-state index in [0.717, 1.165) is 12.8 Å². The van der Waals surface area contributed by atoms with Crippen molar-refractivity contribution in [2.75, 3.05) is 26.9 Å². The van der Waals surface area contributed by atoms with Crippen molar-refractivity contribution in [2.24, 2.45) is 5.92 Å². The Hall–Kier alpha value is -2.52. The smallest absolute Gasteiger partial charge is 0.329 e. The van der Waals surface area contributed by atoms with Crippen molar-refractivity contribution < 1.29 is 32.2 Å². The van der Waals surface area contributed by atoms with Crippen LogP contribution in [0.25, 0.3) is 22.3 Å². The average Bonchev–Trinajstić information content (AvgIpc) is 3.73. The molecule has 4 aromatic rings. The van der Waals surface area contributed by atoms with Crippen molar-refractivity contribution in [3.8, 4) is 6.07 Å². The Morgan fingerprint density at radius 3 is 2.73 bits per heavy atom. The van der Waals surface area contributed by atoms with E-state index in [9.17, 15) is 9.69 Å². The zero-order valence-corrected chi connectivity index (χ0v) is 27.1. The second-order valence-electron chi connectivity index (χ2n) is 10.2. The molecule has 1 aliphatic carbocycles. The van der Waals surface area contributed by atoms with Crippen molar-refractivity contribution in [3.63, 3.8) is 0 Å². The molecule has 0 aromatic carbocycles. The van der Waals surface area contributed by atoms with E-state index >= 15 is 0 Å². The van der Waals surface area contributed by atoms with Crippen LogP contribution in [0.1, 0.15) is 38.0 Å². The van der Waals surface area contributed by atoms with Crippen LogP contribution in [-0.2, 0) is 39.2 Å². The monoisotopic (exact) mass is 699 g/mol. The van der Waals surface area contributed by atoms with E-state index in [1.165, 1.54) is 26.1 Å². The van der Waals surface area contributed by atoms with Gasteiger partial charge >= 0.3 is 15.3 Å². The molecule has 6 rings (SSSR count). The van der Waals surface area contributed by atoms with Gasteiger partial charge in [-0.1, -0.05) is 11.6 Å². The average molecular weight is 700 g/mol. The van der Waals surface area contributed by atoms with Gasteiger partial charge in [-0.05, 0) is 30.6 Å². The highest BCUT2D eigenvalue weighted by molar-refractivity contribution is 8.07. The number of rotatable bonds is 14. The van der Waals surface area contributed by atoms with Gasteiger partial charge in [0, 0.05) is 19.6 Å². The Bertz CT molecular complexity index is 1800. The van der Waals surface area contributed by atoms with E-state index in [-0.39, 0.29) is 55.7 Å². The lowest BCUT2D eigenvalue weighted by molar-refractivity contribution is -0.0401. The maximum absolute atomic E-state index is 12.2. The van der Waals surface area contributed by atoms with Crippen LogP contribution in [0.4, 0.5) is 0 Å². The van der Waals surface area contributed by atoms with Crippen LogP contribution in [0, 0.1) is 17.2 Å². The molecule has 4 aromatic heterocycles. The van der Waals surface area contributed by atoms with Crippen LogP contribution in [-0.4, -0.2) is 83.1 Å². The second-order valence-corrected chi connectivity index (χ2v) is 14.7.